The molecule has 0 bridgehead atoms. The van der Waals surface area contributed by atoms with Gasteiger partial charge in [0.1, 0.15) is 0 Å². The Kier molecular flexibility index (Phi) is 10.4. The number of aryl methyl sites for hydroxylation is 1. The fourth-order valence-electron chi connectivity index (χ4n) is 8.05. The molecule has 2 aliphatic rings. The number of hydrogen-bond donors (Lipinski definition) is 0. The molecule has 2 heterocycles. The van der Waals surface area contributed by atoms with Crippen molar-refractivity contribution in [3.63, 3.8) is 0 Å². The molecule has 1 aliphatic heterocycles. The van der Waals surface area contributed by atoms with Crippen molar-refractivity contribution in [1.29, 1.82) is 0 Å². The normalized spacial score (nSPS) is 15.5. The van der Waals surface area contributed by atoms with Gasteiger partial charge in [0, 0.05) is 45.6 Å². The molecule has 0 fully saturated rings. The van der Waals surface area contributed by atoms with E-state index in [1.54, 1.807) is 0 Å². The van der Waals surface area contributed by atoms with Crippen molar-refractivity contribution < 1.29 is 0 Å². The van der Waals surface area contributed by atoms with Crippen molar-refractivity contribution in [2.24, 2.45) is 0 Å². The second kappa shape index (κ2) is 16.5. The summed E-state index contributed by atoms with van der Waals surface area (Å²) in [6.07, 6.45) is 5.68. The Morgan fingerprint density at radius 1 is 0.483 bits per heavy atom. The fraction of sp³-hybridized carbons (Fsp3) is 0.0926. The van der Waals surface area contributed by atoms with Gasteiger partial charge < -0.3 is 4.90 Å². The van der Waals surface area contributed by atoms with Gasteiger partial charge in [-0.25, -0.2) is 15.0 Å². The van der Waals surface area contributed by atoms with Crippen molar-refractivity contribution in [3.8, 4) is 45.3 Å². The predicted octanol–water partition coefficient (Wildman–Crippen LogP) is 13.8. The van der Waals surface area contributed by atoms with Crippen LogP contribution in [0.1, 0.15) is 41.9 Å². The summed E-state index contributed by atoms with van der Waals surface area (Å²) in [7, 11) is 0. The Morgan fingerprint density at radius 3 is 1.62 bits per heavy atom. The molecule has 4 nitrogen and oxygen atoms in total. The van der Waals surface area contributed by atoms with Gasteiger partial charge >= 0.3 is 0 Å². The van der Waals surface area contributed by atoms with Gasteiger partial charge in [0.15, 0.2) is 17.5 Å². The minimum atomic E-state index is 0.251. The van der Waals surface area contributed by atoms with E-state index < -0.39 is 0 Å². The summed E-state index contributed by atoms with van der Waals surface area (Å²) in [5.74, 6) is 2.50. The quantitative estimate of drug-likeness (QED) is 0.170. The van der Waals surface area contributed by atoms with E-state index in [1.807, 2.05) is 78.9 Å². The molecule has 0 saturated heterocycles. The number of nitrogens with zero attached hydrogens (tertiary/aromatic N) is 4. The van der Waals surface area contributed by atoms with E-state index in [1.165, 1.54) is 44.8 Å². The maximum Gasteiger partial charge on any atom is 0.164 e. The van der Waals surface area contributed by atoms with Crippen LogP contribution >= 0.6 is 0 Å². The highest BCUT2D eigenvalue weighted by molar-refractivity contribution is 5.80. The molecule has 58 heavy (non-hydrogen) atoms. The van der Waals surface area contributed by atoms with Crippen molar-refractivity contribution in [3.05, 3.63) is 234 Å². The van der Waals surface area contributed by atoms with E-state index in [9.17, 15) is 0 Å². The maximum absolute atomic E-state index is 5.04. The minimum absolute atomic E-state index is 0.251. The van der Waals surface area contributed by atoms with E-state index in [0.717, 1.165) is 28.8 Å². The monoisotopic (exact) mass is 748 g/mol. The zero-order chi connectivity index (χ0) is 39.3. The summed E-state index contributed by atoms with van der Waals surface area (Å²) in [5, 5.41) is 0. The van der Waals surface area contributed by atoms with E-state index in [2.05, 4.69) is 146 Å². The number of rotatable bonds is 6. The van der Waals surface area contributed by atoms with Gasteiger partial charge in [-0.1, -0.05) is 201 Å². The standard InChI is InChI=1S/C47H36N4.C7H8/c1-32-41-25-11-12-26-43(41)51(44-31-38(27-28-42(32)44)37-22-13-21-36(29-37)33-15-5-2-6-16-33)40-24-14-23-39(30-40)47-49-45(34-17-7-3-8-18-34)48-46(50-47)35-19-9-4-10-20-35;1-7-5-3-2-4-6-7/h2-30,32,38H,31H2,1H3;2-6H,1H3. The second-order valence-electron chi connectivity index (χ2n) is 14.9. The summed E-state index contributed by atoms with van der Waals surface area (Å²) in [4.78, 5) is 17.5. The zero-order valence-corrected chi connectivity index (χ0v) is 32.8. The van der Waals surface area contributed by atoms with E-state index in [0.29, 0.717) is 17.5 Å². The van der Waals surface area contributed by atoms with Crippen LogP contribution in [0.3, 0.4) is 0 Å². The molecule has 2 unspecified atom stereocenters. The van der Waals surface area contributed by atoms with Crippen LogP contribution in [0, 0.1) is 6.92 Å². The number of aromatic nitrogens is 3. The fourth-order valence-corrected chi connectivity index (χ4v) is 8.05. The SMILES string of the molecule is CC1C2=C(CC(c3cccc(-c4ccccc4)c3)C=C2)N(c2cccc(-c3nc(-c4ccccc4)nc(-c4ccccc4)n3)c2)c2ccccc21.Cc1ccccc1. The summed E-state index contributed by atoms with van der Waals surface area (Å²) < 4.78 is 0. The number of hydrogen-bond acceptors (Lipinski definition) is 4. The third-order valence-electron chi connectivity index (χ3n) is 11.1. The Labute approximate surface area is 341 Å². The molecular formula is C54H44N4. The predicted molar refractivity (Wildman–Crippen MR) is 240 cm³/mol. The molecule has 280 valence electrons. The number of para-hydroxylation sites is 1. The highest BCUT2D eigenvalue weighted by Crippen LogP contribution is 2.50. The van der Waals surface area contributed by atoms with Gasteiger partial charge in [-0.05, 0) is 59.4 Å². The van der Waals surface area contributed by atoms with Crippen molar-refractivity contribution in [2.45, 2.75) is 32.1 Å². The van der Waals surface area contributed by atoms with Crippen LogP contribution in [0.15, 0.2) is 218 Å². The van der Waals surface area contributed by atoms with Gasteiger partial charge in [0.05, 0.1) is 0 Å². The van der Waals surface area contributed by atoms with Crippen LogP contribution in [0.5, 0.6) is 0 Å². The summed E-state index contributed by atoms with van der Waals surface area (Å²) >= 11 is 0. The number of allylic oxidation sites excluding steroid dienone is 4. The lowest BCUT2D eigenvalue weighted by atomic mass is 9.78. The van der Waals surface area contributed by atoms with Crippen LogP contribution in [0.25, 0.3) is 45.3 Å². The summed E-state index contributed by atoms with van der Waals surface area (Å²) in [6, 6.07) is 67.7. The lowest BCUT2D eigenvalue weighted by Gasteiger charge is -2.41. The van der Waals surface area contributed by atoms with Gasteiger partial charge in [0.25, 0.3) is 0 Å². The first-order valence-electron chi connectivity index (χ1n) is 20.0. The van der Waals surface area contributed by atoms with Gasteiger partial charge in [0.2, 0.25) is 0 Å². The molecule has 4 heteroatoms. The van der Waals surface area contributed by atoms with E-state index in [4.69, 9.17) is 15.0 Å². The molecule has 8 aromatic rings. The molecule has 0 N–H and O–H groups in total. The van der Waals surface area contributed by atoms with Crippen LogP contribution in [0.4, 0.5) is 11.4 Å². The minimum Gasteiger partial charge on any atom is -0.314 e. The first-order chi connectivity index (χ1) is 28.6. The van der Waals surface area contributed by atoms with Crippen molar-refractivity contribution in [2.75, 3.05) is 4.90 Å². The second-order valence-corrected chi connectivity index (χ2v) is 14.9. The first-order valence-corrected chi connectivity index (χ1v) is 20.0. The van der Waals surface area contributed by atoms with Crippen LogP contribution in [-0.2, 0) is 0 Å². The highest BCUT2D eigenvalue weighted by Gasteiger charge is 2.33. The molecule has 0 spiro atoms. The molecule has 7 aromatic carbocycles. The Morgan fingerprint density at radius 2 is 1.00 bits per heavy atom. The molecule has 10 rings (SSSR count). The van der Waals surface area contributed by atoms with E-state index in [-0.39, 0.29) is 11.8 Å². The number of fused-ring (bicyclic) bond motifs is 1. The maximum atomic E-state index is 5.04. The van der Waals surface area contributed by atoms with Crippen LogP contribution in [-0.4, -0.2) is 15.0 Å². The van der Waals surface area contributed by atoms with Gasteiger partial charge in [-0.3, -0.25) is 0 Å². The highest BCUT2D eigenvalue weighted by atomic mass is 15.2. The molecule has 1 aromatic heterocycles. The average Bonchev–Trinajstić information content (AvgIpc) is 3.30. The lowest BCUT2D eigenvalue weighted by Crippen LogP contribution is -2.28. The molecule has 0 amide bonds. The van der Waals surface area contributed by atoms with Crippen LogP contribution in [0.2, 0.25) is 0 Å². The van der Waals surface area contributed by atoms with Crippen molar-refractivity contribution >= 4 is 11.4 Å². The molecule has 2 atom stereocenters. The molecule has 1 aliphatic carbocycles. The topological polar surface area (TPSA) is 41.9 Å². The smallest absolute Gasteiger partial charge is 0.164 e. The molecular weight excluding hydrogens is 705 g/mol. The third-order valence-corrected chi connectivity index (χ3v) is 11.1. The van der Waals surface area contributed by atoms with Crippen LogP contribution < -0.4 is 4.90 Å². The van der Waals surface area contributed by atoms with Gasteiger partial charge in [-0.15, -0.1) is 0 Å². The number of benzene rings is 7. The first kappa shape index (κ1) is 36.5. The Balaban J connectivity index is 0.000000565. The molecule has 0 saturated carbocycles. The zero-order valence-electron chi connectivity index (χ0n) is 32.8. The average molecular weight is 749 g/mol. The molecule has 0 radical (unpaired) electrons. The third kappa shape index (κ3) is 7.65. The summed E-state index contributed by atoms with van der Waals surface area (Å²) in [5.41, 5.74) is 14.3. The Hall–Kier alpha value is -7.17. The summed E-state index contributed by atoms with van der Waals surface area (Å²) in [6.45, 7) is 4.42. The lowest BCUT2D eigenvalue weighted by molar-refractivity contribution is 0.735. The van der Waals surface area contributed by atoms with Gasteiger partial charge in [-0.2, -0.15) is 0 Å². The Bertz CT molecular complexity index is 2670. The number of anilines is 2. The van der Waals surface area contributed by atoms with Crippen molar-refractivity contribution in [1.82, 2.24) is 15.0 Å². The largest absolute Gasteiger partial charge is 0.314 e. The van der Waals surface area contributed by atoms with E-state index >= 15 is 0 Å².